The molecular weight excluding hydrogens is 366 g/mol. The van der Waals surface area contributed by atoms with E-state index >= 15 is 0 Å². The molecule has 26 heavy (non-hydrogen) atoms. The summed E-state index contributed by atoms with van der Waals surface area (Å²) in [5.41, 5.74) is 3.10. The van der Waals surface area contributed by atoms with Crippen molar-refractivity contribution in [3.63, 3.8) is 0 Å². The van der Waals surface area contributed by atoms with Crippen molar-refractivity contribution in [1.29, 1.82) is 0 Å². The quantitative estimate of drug-likeness (QED) is 0.446. The smallest absolute Gasteiger partial charge is 0.236 e. The van der Waals surface area contributed by atoms with Crippen LogP contribution < -0.4 is 0 Å². The van der Waals surface area contributed by atoms with E-state index in [2.05, 4.69) is 46.5 Å². The zero-order chi connectivity index (χ0) is 17.9. The maximum atomic E-state index is 5.56. The Hall–Kier alpha value is -2.45. The third-order valence-corrected chi connectivity index (χ3v) is 5.69. The van der Waals surface area contributed by atoms with Crippen molar-refractivity contribution >= 4 is 23.1 Å². The van der Waals surface area contributed by atoms with Crippen molar-refractivity contribution in [2.75, 3.05) is 0 Å². The Labute approximate surface area is 159 Å². The van der Waals surface area contributed by atoms with Gasteiger partial charge in [0.1, 0.15) is 6.26 Å². The summed E-state index contributed by atoms with van der Waals surface area (Å²) >= 11 is 3.14. The zero-order valence-electron chi connectivity index (χ0n) is 14.4. The summed E-state index contributed by atoms with van der Waals surface area (Å²) in [6.45, 7) is 4.35. The molecule has 1 aromatic carbocycles. The first-order valence-electron chi connectivity index (χ1n) is 8.20. The normalized spacial score (nSPS) is 11.3. The van der Waals surface area contributed by atoms with Gasteiger partial charge in [0.05, 0.1) is 16.3 Å². The van der Waals surface area contributed by atoms with Crippen LogP contribution in [-0.2, 0) is 5.75 Å². The summed E-state index contributed by atoms with van der Waals surface area (Å²) in [4.78, 5) is 5.56. The minimum atomic E-state index is 0.497. The molecule has 3 heterocycles. The molecule has 0 saturated carbocycles. The molecule has 0 saturated heterocycles. The SMILES string of the molecule is CC(C)c1ccc(-n2nnnc2SCc2coc(-c3cccs3)n2)cc1. The highest BCUT2D eigenvalue weighted by molar-refractivity contribution is 7.98. The summed E-state index contributed by atoms with van der Waals surface area (Å²) in [6.07, 6.45) is 1.69. The van der Waals surface area contributed by atoms with E-state index in [1.807, 2.05) is 29.6 Å². The van der Waals surface area contributed by atoms with Crippen LogP contribution in [0.3, 0.4) is 0 Å². The van der Waals surface area contributed by atoms with Crippen LogP contribution in [0.1, 0.15) is 31.0 Å². The average Bonchev–Trinajstić information content (AvgIpc) is 3.40. The van der Waals surface area contributed by atoms with Crippen molar-refractivity contribution in [3.8, 4) is 16.5 Å². The van der Waals surface area contributed by atoms with Gasteiger partial charge in [-0.1, -0.05) is 43.8 Å². The number of oxazole rings is 1. The van der Waals surface area contributed by atoms with E-state index < -0.39 is 0 Å². The van der Waals surface area contributed by atoms with Crippen molar-refractivity contribution in [2.45, 2.75) is 30.7 Å². The number of benzene rings is 1. The first-order valence-corrected chi connectivity index (χ1v) is 10.1. The molecule has 0 aliphatic heterocycles. The highest BCUT2D eigenvalue weighted by atomic mass is 32.2. The standard InChI is InChI=1S/C18H17N5OS2/c1-12(2)13-5-7-15(8-6-13)23-18(20-21-22-23)26-11-14-10-24-17(19-14)16-4-3-9-25-16/h3-10,12H,11H2,1-2H3. The number of aromatic nitrogens is 5. The van der Waals surface area contributed by atoms with Crippen LogP contribution in [0.4, 0.5) is 0 Å². The molecule has 8 heteroatoms. The molecule has 132 valence electrons. The second-order valence-electron chi connectivity index (χ2n) is 6.03. The van der Waals surface area contributed by atoms with Gasteiger partial charge < -0.3 is 4.42 Å². The van der Waals surface area contributed by atoms with Gasteiger partial charge in [0.25, 0.3) is 0 Å². The summed E-state index contributed by atoms with van der Waals surface area (Å²) in [5.74, 6) is 1.79. The number of nitrogens with zero attached hydrogens (tertiary/aromatic N) is 5. The molecule has 6 nitrogen and oxygen atoms in total. The van der Waals surface area contributed by atoms with Crippen LogP contribution in [0.2, 0.25) is 0 Å². The molecule has 4 rings (SSSR count). The monoisotopic (exact) mass is 383 g/mol. The lowest BCUT2D eigenvalue weighted by Crippen LogP contribution is -2.00. The lowest BCUT2D eigenvalue weighted by atomic mass is 10.0. The van der Waals surface area contributed by atoms with E-state index in [-0.39, 0.29) is 0 Å². The largest absolute Gasteiger partial charge is 0.444 e. The fourth-order valence-corrected chi connectivity index (χ4v) is 3.88. The van der Waals surface area contributed by atoms with E-state index in [1.165, 1.54) is 17.3 Å². The molecule has 0 spiro atoms. The Kier molecular flexibility index (Phi) is 4.85. The molecule has 0 fully saturated rings. The van der Waals surface area contributed by atoms with E-state index in [1.54, 1.807) is 22.3 Å². The van der Waals surface area contributed by atoms with Gasteiger partial charge >= 0.3 is 0 Å². The number of thiophene rings is 1. The molecule has 3 aromatic heterocycles. The van der Waals surface area contributed by atoms with Gasteiger partial charge in [-0.05, 0) is 45.5 Å². The molecular formula is C18H17N5OS2. The third kappa shape index (κ3) is 3.56. The highest BCUT2D eigenvalue weighted by Crippen LogP contribution is 2.27. The van der Waals surface area contributed by atoms with Crippen LogP contribution in [-0.4, -0.2) is 25.2 Å². The predicted octanol–water partition coefficient (Wildman–Crippen LogP) is 4.79. The highest BCUT2D eigenvalue weighted by Gasteiger charge is 2.12. The van der Waals surface area contributed by atoms with Crippen molar-refractivity contribution in [3.05, 3.63) is 59.3 Å². The van der Waals surface area contributed by atoms with E-state index in [4.69, 9.17) is 4.42 Å². The van der Waals surface area contributed by atoms with Crippen molar-refractivity contribution in [1.82, 2.24) is 25.2 Å². The zero-order valence-corrected chi connectivity index (χ0v) is 16.0. The fraction of sp³-hybridized carbons (Fsp3) is 0.222. The van der Waals surface area contributed by atoms with Crippen LogP contribution in [0.15, 0.2) is 57.6 Å². The fourth-order valence-electron chi connectivity index (χ4n) is 2.46. The van der Waals surface area contributed by atoms with Gasteiger partial charge in [0, 0.05) is 5.75 Å². The lowest BCUT2D eigenvalue weighted by molar-refractivity contribution is 0.575. The third-order valence-electron chi connectivity index (χ3n) is 3.88. The van der Waals surface area contributed by atoms with Gasteiger partial charge in [-0.2, -0.15) is 4.68 Å². The van der Waals surface area contributed by atoms with Crippen LogP contribution in [0, 0.1) is 0 Å². The number of hydrogen-bond donors (Lipinski definition) is 0. The number of tetrazole rings is 1. The van der Waals surface area contributed by atoms with E-state index in [0.29, 0.717) is 17.6 Å². The number of thioether (sulfide) groups is 1. The average molecular weight is 384 g/mol. The van der Waals surface area contributed by atoms with Gasteiger partial charge in [-0.15, -0.1) is 16.4 Å². The molecule has 0 aliphatic carbocycles. The maximum Gasteiger partial charge on any atom is 0.236 e. The molecule has 0 N–H and O–H groups in total. The maximum absolute atomic E-state index is 5.56. The Balaban J connectivity index is 1.47. The van der Waals surface area contributed by atoms with Gasteiger partial charge in [-0.25, -0.2) is 4.98 Å². The van der Waals surface area contributed by atoms with Crippen molar-refractivity contribution in [2.24, 2.45) is 0 Å². The van der Waals surface area contributed by atoms with E-state index in [0.717, 1.165) is 21.4 Å². The van der Waals surface area contributed by atoms with Gasteiger partial charge in [0.2, 0.25) is 11.0 Å². The van der Waals surface area contributed by atoms with Crippen molar-refractivity contribution < 1.29 is 4.42 Å². The molecule has 0 bridgehead atoms. The van der Waals surface area contributed by atoms with E-state index in [9.17, 15) is 0 Å². The summed E-state index contributed by atoms with van der Waals surface area (Å²) in [7, 11) is 0. The Bertz CT molecular complexity index is 973. The van der Waals surface area contributed by atoms with Gasteiger partial charge in [0.15, 0.2) is 0 Å². The number of hydrogen-bond acceptors (Lipinski definition) is 7. The summed E-state index contributed by atoms with van der Waals surface area (Å²) in [6, 6.07) is 12.3. The molecule has 0 unspecified atom stereocenters. The molecule has 0 amide bonds. The lowest BCUT2D eigenvalue weighted by Gasteiger charge is -2.07. The molecule has 0 aliphatic rings. The number of rotatable bonds is 6. The van der Waals surface area contributed by atoms with Crippen LogP contribution >= 0.6 is 23.1 Å². The Morgan fingerprint density at radius 2 is 2.04 bits per heavy atom. The second kappa shape index (κ2) is 7.43. The molecule has 0 atom stereocenters. The first kappa shape index (κ1) is 17.0. The topological polar surface area (TPSA) is 69.6 Å². The van der Waals surface area contributed by atoms with Crippen LogP contribution in [0.25, 0.3) is 16.5 Å². The van der Waals surface area contributed by atoms with Gasteiger partial charge in [-0.3, -0.25) is 0 Å². The molecule has 4 aromatic rings. The predicted molar refractivity (Wildman–Crippen MR) is 103 cm³/mol. The second-order valence-corrected chi connectivity index (χ2v) is 7.92. The van der Waals surface area contributed by atoms with Crippen LogP contribution in [0.5, 0.6) is 0 Å². The summed E-state index contributed by atoms with van der Waals surface area (Å²) < 4.78 is 7.30. The minimum Gasteiger partial charge on any atom is -0.444 e. The minimum absolute atomic E-state index is 0.497. The Morgan fingerprint density at radius 1 is 1.19 bits per heavy atom. The molecule has 0 radical (unpaired) electrons. The summed E-state index contributed by atoms with van der Waals surface area (Å²) in [5, 5.41) is 14.8. The Morgan fingerprint density at radius 3 is 2.77 bits per heavy atom. The first-order chi connectivity index (χ1) is 12.7.